The highest BCUT2D eigenvalue weighted by molar-refractivity contribution is 5.83. The van der Waals surface area contributed by atoms with Crippen LogP contribution >= 0.6 is 0 Å². The van der Waals surface area contributed by atoms with Crippen LogP contribution in [-0.4, -0.2) is 9.97 Å². The van der Waals surface area contributed by atoms with Crippen molar-refractivity contribution in [1.29, 1.82) is 5.26 Å². The summed E-state index contributed by atoms with van der Waals surface area (Å²) >= 11 is 0. The van der Waals surface area contributed by atoms with Gasteiger partial charge in [0, 0.05) is 18.0 Å². The van der Waals surface area contributed by atoms with Gasteiger partial charge in [-0.25, -0.2) is 4.98 Å². The van der Waals surface area contributed by atoms with Gasteiger partial charge in [-0.1, -0.05) is 54.6 Å². The molecule has 0 aliphatic heterocycles. The van der Waals surface area contributed by atoms with E-state index in [0.717, 1.165) is 22.3 Å². The maximum Gasteiger partial charge on any atom is 0.166 e. The molecule has 0 aliphatic rings. The van der Waals surface area contributed by atoms with Crippen molar-refractivity contribution in [1.82, 2.24) is 9.97 Å². The molecule has 124 valence electrons. The molecule has 4 rings (SSSR count). The first-order valence-electron chi connectivity index (χ1n) is 8.25. The zero-order valence-corrected chi connectivity index (χ0v) is 14.0. The van der Waals surface area contributed by atoms with Crippen LogP contribution in [-0.2, 0) is 6.61 Å². The number of ether oxygens (including phenoxy) is 1. The Hall–Kier alpha value is -3.71. The summed E-state index contributed by atoms with van der Waals surface area (Å²) in [5.41, 5.74) is 2.83. The predicted octanol–water partition coefficient (Wildman–Crippen LogP) is 4.75. The topological polar surface area (TPSA) is 58.8 Å². The first-order valence-corrected chi connectivity index (χ1v) is 8.25. The Labute approximate surface area is 151 Å². The Balaban J connectivity index is 1.49. The van der Waals surface area contributed by atoms with Crippen LogP contribution in [0.4, 0.5) is 0 Å². The van der Waals surface area contributed by atoms with Gasteiger partial charge in [-0.3, -0.25) is 4.98 Å². The smallest absolute Gasteiger partial charge is 0.166 e. The van der Waals surface area contributed by atoms with Crippen molar-refractivity contribution in [3.63, 3.8) is 0 Å². The van der Waals surface area contributed by atoms with Crippen LogP contribution in [0.15, 0.2) is 79.1 Å². The molecule has 0 fully saturated rings. The molecule has 0 unspecified atom stereocenters. The van der Waals surface area contributed by atoms with Gasteiger partial charge in [0.2, 0.25) is 0 Å². The van der Waals surface area contributed by atoms with Gasteiger partial charge in [0.05, 0.1) is 0 Å². The molecule has 0 bridgehead atoms. The van der Waals surface area contributed by atoms with Crippen LogP contribution in [0.5, 0.6) is 5.75 Å². The summed E-state index contributed by atoms with van der Waals surface area (Å²) in [6.45, 7) is 0.476. The number of nitriles is 1. The molecule has 0 radical (unpaired) electrons. The van der Waals surface area contributed by atoms with Crippen LogP contribution < -0.4 is 4.74 Å². The zero-order valence-electron chi connectivity index (χ0n) is 14.0. The minimum absolute atomic E-state index is 0.327. The minimum Gasteiger partial charge on any atom is -0.489 e. The van der Waals surface area contributed by atoms with Crippen molar-refractivity contribution in [3.8, 4) is 23.1 Å². The largest absolute Gasteiger partial charge is 0.489 e. The molecule has 1 aromatic heterocycles. The molecule has 0 saturated carbocycles. The molecule has 0 saturated heterocycles. The van der Waals surface area contributed by atoms with Crippen molar-refractivity contribution < 1.29 is 4.74 Å². The van der Waals surface area contributed by atoms with E-state index in [9.17, 15) is 0 Å². The molecule has 0 aliphatic carbocycles. The van der Waals surface area contributed by atoms with Crippen LogP contribution in [0, 0.1) is 11.3 Å². The van der Waals surface area contributed by atoms with Gasteiger partial charge < -0.3 is 4.74 Å². The third-order valence-electron chi connectivity index (χ3n) is 4.16. The predicted molar refractivity (Wildman–Crippen MR) is 100 cm³/mol. The summed E-state index contributed by atoms with van der Waals surface area (Å²) in [5.74, 6) is 0.841. The van der Waals surface area contributed by atoms with E-state index in [1.54, 1.807) is 6.20 Å². The lowest BCUT2D eigenvalue weighted by molar-refractivity contribution is 0.306. The van der Waals surface area contributed by atoms with Gasteiger partial charge in [-0.05, 0) is 28.5 Å². The molecule has 4 heteroatoms. The normalized spacial score (nSPS) is 10.4. The molecule has 1 heterocycles. The van der Waals surface area contributed by atoms with E-state index in [1.165, 1.54) is 11.6 Å². The van der Waals surface area contributed by atoms with E-state index >= 15 is 0 Å². The highest BCUT2D eigenvalue weighted by Crippen LogP contribution is 2.23. The van der Waals surface area contributed by atoms with Crippen LogP contribution in [0.1, 0.15) is 11.3 Å². The van der Waals surface area contributed by atoms with Crippen molar-refractivity contribution in [2.45, 2.75) is 6.61 Å². The molecule has 4 nitrogen and oxygen atoms in total. The molecule has 0 spiro atoms. The lowest BCUT2D eigenvalue weighted by Crippen LogP contribution is -1.96. The number of aromatic nitrogens is 2. The van der Waals surface area contributed by atoms with Crippen molar-refractivity contribution in [2.75, 3.05) is 0 Å². The van der Waals surface area contributed by atoms with E-state index in [2.05, 4.69) is 34.2 Å². The van der Waals surface area contributed by atoms with E-state index < -0.39 is 0 Å². The van der Waals surface area contributed by atoms with Crippen LogP contribution in [0.2, 0.25) is 0 Å². The third-order valence-corrected chi connectivity index (χ3v) is 4.16. The monoisotopic (exact) mass is 337 g/mol. The number of benzene rings is 3. The molecular formula is C22H15N3O. The summed E-state index contributed by atoms with van der Waals surface area (Å²) in [4.78, 5) is 8.30. The summed E-state index contributed by atoms with van der Waals surface area (Å²) in [6, 6.07) is 24.2. The summed E-state index contributed by atoms with van der Waals surface area (Å²) in [5, 5.41) is 11.5. The standard InChI is InChI=1S/C22H15N3O/c23-14-21-22(25-12-11-24-21)18-7-5-16(6-8-18)15-26-20-10-9-17-3-1-2-4-19(17)13-20/h1-13H,15H2. The third kappa shape index (κ3) is 3.24. The number of rotatable bonds is 4. The number of hydrogen-bond acceptors (Lipinski definition) is 4. The second kappa shape index (κ2) is 7.04. The average molecular weight is 337 g/mol. The van der Waals surface area contributed by atoms with Gasteiger partial charge in [-0.15, -0.1) is 0 Å². The Morgan fingerprint density at radius 2 is 1.62 bits per heavy atom. The van der Waals surface area contributed by atoms with Gasteiger partial charge >= 0.3 is 0 Å². The van der Waals surface area contributed by atoms with E-state index in [-0.39, 0.29) is 0 Å². The Bertz CT molecular complexity index is 1100. The Morgan fingerprint density at radius 1 is 0.846 bits per heavy atom. The van der Waals surface area contributed by atoms with Crippen LogP contribution in [0.3, 0.4) is 0 Å². The fourth-order valence-electron chi connectivity index (χ4n) is 2.81. The first kappa shape index (κ1) is 15.8. The highest BCUT2D eigenvalue weighted by atomic mass is 16.5. The minimum atomic E-state index is 0.327. The molecular weight excluding hydrogens is 322 g/mol. The molecule has 0 N–H and O–H groups in total. The lowest BCUT2D eigenvalue weighted by Gasteiger charge is -2.08. The van der Waals surface area contributed by atoms with E-state index in [4.69, 9.17) is 10.00 Å². The molecule has 4 aromatic rings. The molecule has 0 atom stereocenters. The summed E-state index contributed by atoms with van der Waals surface area (Å²) < 4.78 is 5.91. The quantitative estimate of drug-likeness (QED) is 0.539. The lowest BCUT2D eigenvalue weighted by atomic mass is 10.1. The van der Waals surface area contributed by atoms with E-state index in [1.807, 2.05) is 48.5 Å². The molecule has 0 amide bonds. The fraction of sp³-hybridized carbons (Fsp3) is 0.0455. The number of fused-ring (bicyclic) bond motifs is 1. The maximum absolute atomic E-state index is 9.15. The summed E-state index contributed by atoms with van der Waals surface area (Å²) in [6.07, 6.45) is 3.11. The zero-order chi connectivity index (χ0) is 17.8. The molecule has 26 heavy (non-hydrogen) atoms. The second-order valence-corrected chi connectivity index (χ2v) is 5.86. The van der Waals surface area contributed by atoms with Crippen molar-refractivity contribution in [2.24, 2.45) is 0 Å². The fourth-order valence-corrected chi connectivity index (χ4v) is 2.81. The SMILES string of the molecule is N#Cc1nccnc1-c1ccc(COc2ccc3ccccc3c2)cc1. The first-order chi connectivity index (χ1) is 12.8. The Kier molecular flexibility index (Phi) is 4.28. The maximum atomic E-state index is 9.15. The highest BCUT2D eigenvalue weighted by Gasteiger charge is 2.07. The summed E-state index contributed by atoms with van der Waals surface area (Å²) in [7, 11) is 0. The second-order valence-electron chi connectivity index (χ2n) is 5.86. The van der Waals surface area contributed by atoms with Crippen molar-refractivity contribution >= 4 is 10.8 Å². The van der Waals surface area contributed by atoms with Gasteiger partial charge in [-0.2, -0.15) is 5.26 Å². The van der Waals surface area contributed by atoms with Gasteiger partial charge in [0.1, 0.15) is 24.1 Å². The average Bonchev–Trinajstić information content (AvgIpc) is 2.72. The number of hydrogen-bond donors (Lipinski definition) is 0. The van der Waals surface area contributed by atoms with Crippen LogP contribution in [0.25, 0.3) is 22.0 Å². The molecule has 3 aromatic carbocycles. The number of nitrogens with zero attached hydrogens (tertiary/aromatic N) is 3. The van der Waals surface area contributed by atoms with Gasteiger partial charge in [0.15, 0.2) is 5.69 Å². The Morgan fingerprint density at radius 3 is 2.42 bits per heavy atom. The van der Waals surface area contributed by atoms with E-state index in [0.29, 0.717) is 18.0 Å². The van der Waals surface area contributed by atoms with Crippen molar-refractivity contribution in [3.05, 3.63) is 90.4 Å². The van der Waals surface area contributed by atoms with Gasteiger partial charge in [0.25, 0.3) is 0 Å².